The third-order valence-corrected chi connectivity index (χ3v) is 7.89. The molecular formula is C22H29F3N2O4S. The van der Waals surface area contributed by atoms with Crippen molar-refractivity contribution in [1.29, 1.82) is 0 Å². The first-order chi connectivity index (χ1) is 15.0. The fraction of sp³-hybridized carbons (Fsp3) is 0.591. The van der Waals surface area contributed by atoms with Crippen molar-refractivity contribution in [2.75, 3.05) is 26.7 Å². The molecule has 1 saturated carbocycles. The fourth-order valence-electron chi connectivity index (χ4n) is 3.96. The molecular weight excluding hydrogens is 445 g/mol. The van der Waals surface area contributed by atoms with E-state index < -0.39 is 34.7 Å². The van der Waals surface area contributed by atoms with Gasteiger partial charge in [-0.1, -0.05) is 12.5 Å². The predicted molar refractivity (Wildman–Crippen MR) is 115 cm³/mol. The normalized spacial score (nSPS) is 19.2. The van der Waals surface area contributed by atoms with Crippen LogP contribution < -0.4 is 4.74 Å². The van der Waals surface area contributed by atoms with E-state index in [1.807, 2.05) is 0 Å². The van der Waals surface area contributed by atoms with Crippen LogP contribution in [0, 0.1) is 5.92 Å². The van der Waals surface area contributed by atoms with Gasteiger partial charge >= 0.3 is 6.18 Å². The summed E-state index contributed by atoms with van der Waals surface area (Å²) in [5.41, 5.74) is 0.390. The molecule has 0 N–H and O–H groups in total. The van der Waals surface area contributed by atoms with Gasteiger partial charge in [-0.15, -0.1) is 0 Å². The number of carbonyl (C=O) groups is 1. The number of hydrogen-bond donors (Lipinski definition) is 0. The highest BCUT2D eigenvalue weighted by molar-refractivity contribution is 7.89. The molecule has 1 heterocycles. The van der Waals surface area contributed by atoms with Crippen LogP contribution in [0.2, 0.25) is 0 Å². The molecule has 3 rings (SSSR count). The maximum atomic E-state index is 13.1. The molecule has 10 heteroatoms. The molecule has 0 radical (unpaired) electrons. The number of methoxy groups -OCH3 is 1. The number of ether oxygens (including phenoxy) is 1. The lowest BCUT2D eigenvalue weighted by Crippen LogP contribution is -2.44. The summed E-state index contributed by atoms with van der Waals surface area (Å²) in [6.45, 7) is 1.17. The third-order valence-electron chi connectivity index (χ3n) is 5.97. The Bertz CT molecular complexity index is 952. The van der Waals surface area contributed by atoms with Gasteiger partial charge in [-0.05, 0) is 62.3 Å². The van der Waals surface area contributed by atoms with Crippen molar-refractivity contribution in [3.63, 3.8) is 0 Å². The summed E-state index contributed by atoms with van der Waals surface area (Å²) in [6.07, 6.45) is 2.08. The summed E-state index contributed by atoms with van der Waals surface area (Å²) in [5.74, 6) is -0.491. The number of halogens is 3. The number of nitrogens with zero attached hydrogens (tertiary/aromatic N) is 2. The number of rotatable bonds is 8. The van der Waals surface area contributed by atoms with E-state index >= 15 is 0 Å². The molecule has 32 heavy (non-hydrogen) atoms. The van der Waals surface area contributed by atoms with E-state index in [-0.39, 0.29) is 16.6 Å². The highest BCUT2D eigenvalue weighted by Gasteiger charge is 2.40. The van der Waals surface area contributed by atoms with Gasteiger partial charge in [-0.3, -0.25) is 4.79 Å². The molecule has 1 aromatic carbocycles. The Labute approximate surface area is 187 Å². The first kappa shape index (κ1) is 24.6. The first-order valence-corrected chi connectivity index (χ1v) is 12.2. The second kappa shape index (κ2) is 9.82. The minimum atomic E-state index is -4.50. The Morgan fingerprint density at radius 3 is 2.47 bits per heavy atom. The summed E-state index contributed by atoms with van der Waals surface area (Å²) in [4.78, 5) is 13.4. The van der Waals surface area contributed by atoms with Crippen LogP contribution in [0.25, 0.3) is 6.08 Å². The molecule has 1 saturated heterocycles. The molecule has 1 aliphatic carbocycles. The summed E-state index contributed by atoms with van der Waals surface area (Å²) in [6, 6.07) is 3.93. The van der Waals surface area contributed by atoms with E-state index in [9.17, 15) is 26.4 Å². The number of alkyl halides is 3. The number of amides is 1. The zero-order valence-electron chi connectivity index (χ0n) is 18.3. The molecule has 0 spiro atoms. The number of carbonyl (C=O) groups excluding carboxylic acids is 1. The van der Waals surface area contributed by atoms with Gasteiger partial charge < -0.3 is 9.64 Å². The maximum Gasteiger partial charge on any atom is 0.406 e. The van der Waals surface area contributed by atoms with Gasteiger partial charge in [0.15, 0.2) is 0 Å². The van der Waals surface area contributed by atoms with Crippen LogP contribution in [0.15, 0.2) is 29.2 Å². The van der Waals surface area contributed by atoms with Gasteiger partial charge in [0, 0.05) is 25.2 Å². The van der Waals surface area contributed by atoms with Gasteiger partial charge in [0.1, 0.15) is 17.2 Å². The molecule has 1 aliphatic heterocycles. The van der Waals surface area contributed by atoms with Crippen molar-refractivity contribution in [2.45, 2.75) is 56.1 Å². The van der Waals surface area contributed by atoms with E-state index in [2.05, 4.69) is 0 Å². The zero-order valence-corrected chi connectivity index (χ0v) is 19.1. The Morgan fingerprint density at radius 1 is 1.25 bits per heavy atom. The molecule has 1 unspecified atom stereocenters. The van der Waals surface area contributed by atoms with E-state index in [0.717, 1.165) is 43.1 Å². The quantitative estimate of drug-likeness (QED) is 0.533. The van der Waals surface area contributed by atoms with Crippen LogP contribution in [0.3, 0.4) is 0 Å². The molecule has 0 aromatic heterocycles. The van der Waals surface area contributed by atoms with Crippen LogP contribution in [0.1, 0.15) is 44.6 Å². The van der Waals surface area contributed by atoms with Crippen LogP contribution in [0.4, 0.5) is 13.2 Å². The van der Waals surface area contributed by atoms with Crippen LogP contribution in [-0.4, -0.2) is 62.5 Å². The van der Waals surface area contributed by atoms with Crippen LogP contribution >= 0.6 is 0 Å². The van der Waals surface area contributed by atoms with Crippen molar-refractivity contribution in [3.8, 4) is 5.75 Å². The van der Waals surface area contributed by atoms with E-state index in [0.29, 0.717) is 18.7 Å². The van der Waals surface area contributed by atoms with Gasteiger partial charge in [0.05, 0.1) is 7.11 Å². The smallest absolute Gasteiger partial charge is 0.406 e. The van der Waals surface area contributed by atoms with E-state index in [1.165, 1.54) is 29.6 Å². The minimum Gasteiger partial charge on any atom is -0.495 e. The monoisotopic (exact) mass is 474 g/mol. The fourth-order valence-corrected chi connectivity index (χ4v) is 5.66. The van der Waals surface area contributed by atoms with Crippen molar-refractivity contribution in [2.24, 2.45) is 5.92 Å². The Kier molecular flexibility index (Phi) is 7.54. The minimum absolute atomic E-state index is 0.0185. The predicted octanol–water partition coefficient (Wildman–Crippen LogP) is 4.07. The van der Waals surface area contributed by atoms with Crippen LogP contribution in [0.5, 0.6) is 5.75 Å². The second-order valence-corrected chi connectivity index (χ2v) is 10.3. The van der Waals surface area contributed by atoms with Gasteiger partial charge in [0.25, 0.3) is 0 Å². The SMILES string of the molecule is COc1ccc(C=CC(=O)N(CC(F)(F)F)C(C)C2CC2)cc1S(=O)(=O)N1CCCCC1. The second-order valence-electron chi connectivity index (χ2n) is 8.37. The highest BCUT2D eigenvalue weighted by atomic mass is 32.2. The topological polar surface area (TPSA) is 66.9 Å². The lowest BCUT2D eigenvalue weighted by atomic mass is 10.1. The maximum absolute atomic E-state index is 13.1. The molecule has 1 amide bonds. The molecule has 2 fully saturated rings. The van der Waals surface area contributed by atoms with E-state index in [1.54, 1.807) is 13.0 Å². The summed E-state index contributed by atoms with van der Waals surface area (Å²) in [7, 11) is -2.42. The van der Waals surface area contributed by atoms with Gasteiger partial charge in [-0.2, -0.15) is 17.5 Å². The Balaban J connectivity index is 1.84. The Morgan fingerprint density at radius 2 is 1.91 bits per heavy atom. The standard InChI is InChI=1S/C22H29F3N2O4S/c1-16(18-8-9-18)27(15-22(23,24)25)21(28)11-7-17-6-10-19(31-2)20(14-17)32(29,30)26-12-4-3-5-13-26/h6-7,10-11,14,16,18H,3-5,8-9,12-13,15H2,1-2H3. The molecule has 1 atom stereocenters. The molecule has 0 bridgehead atoms. The molecule has 178 valence electrons. The average Bonchev–Trinajstić information content (AvgIpc) is 3.60. The summed E-state index contributed by atoms with van der Waals surface area (Å²) < 4.78 is 71.9. The lowest BCUT2D eigenvalue weighted by molar-refractivity contribution is -0.162. The summed E-state index contributed by atoms with van der Waals surface area (Å²) in [5, 5.41) is 0. The largest absolute Gasteiger partial charge is 0.495 e. The van der Waals surface area contributed by atoms with E-state index in [4.69, 9.17) is 4.74 Å². The van der Waals surface area contributed by atoms with Crippen molar-refractivity contribution in [3.05, 3.63) is 29.8 Å². The molecule has 1 aromatic rings. The first-order valence-electron chi connectivity index (χ1n) is 10.8. The third kappa shape index (κ3) is 6.04. The number of benzene rings is 1. The number of hydrogen-bond acceptors (Lipinski definition) is 4. The van der Waals surface area contributed by atoms with Gasteiger partial charge in [0.2, 0.25) is 15.9 Å². The van der Waals surface area contributed by atoms with Crippen molar-refractivity contribution >= 4 is 22.0 Å². The van der Waals surface area contributed by atoms with Gasteiger partial charge in [-0.25, -0.2) is 8.42 Å². The van der Waals surface area contributed by atoms with Crippen molar-refractivity contribution in [1.82, 2.24) is 9.21 Å². The van der Waals surface area contributed by atoms with Crippen LogP contribution in [-0.2, 0) is 14.8 Å². The number of sulfonamides is 1. The zero-order chi connectivity index (χ0) is 23.5. The molecule has 2 aliphatic rings. The van der Waals surface area contributed by atoms with Crippen molar-refractivity contribution < 1.29 is 31.1 Å². The lowest BCUT2D eigenvalue weighted by Gasteiger charge is -2.29. The summed E-state index contributed by atoms with van der Waals surface area (Å²) >= 11 is 0. The number of piperidine rings is 1. The average molecular weight is 475 g/mol. The highest BCUT2D eigenvalue weighted by Crippen LogP contribution is 2.36. The molecule has 6 nitrogen and oxygen atoms in total. The Hall–Kier alpha value is -2.07.